The molecule has 29 heavy (non-hydrogen) atoms. The molecule has 2 aromatic rings. The molecule has 2 aliphatic heterocycles. The van der Waals surface area contributed by atoms with Crippen molar-refractivity contribution in [1.82, 2.24) is 4.90 Å². The molecule has 0 aromatic heterocycles. The van der Waals surface area contributed by atoms with E-state index in [-0.39, 0.29) is 11.8 Å². The Labute approximate surface area is 169 Å². The fourth-order valence-corrected chi connectivity index (χ4v) is 3.68. The monoisotopic (exact) mass is 387 g/mol. The number of morpholine rings is 1. The van der Waals surface area contributed by atoms with Gasteiger partial charge in [0, 0.05) is 13.1 Å². The lowest BCUT2D eigenvalue weighted by atomic mass is 9.99. The van der Waals surface area contributed by atoms with Crippen LogP contribution in [0.5, 0.6) is 0 Å². The fraction of sp³-hybridized carbons (Fsp3) is 0.261. The van der Waals surface area contributed by atoms with Crippen LogP contribution >= 0.6 is 0 Å². The number of imide groups is 1. The minimum absolute atomic E-state index is 0.338. The van der Waals surface area contributed by atoms with Crippen LogP contribution in [0.1, 0.15) is 22.3 Å². The second kappa shape index (κ2) is 7.53. The maximum atomic E-state index is 13.4. The van der Waals surface area contributed by atoms with E-state index in [0.717, 1.165) is 16.7 Å². The molecule has 2 amide bonds. The van der Waals surface area contributed by atoms with Crippen molar-refractivity contribution in [3.05, 3.63) is 70.4 Å². The Morgan fingerprint density at radius 3 is 2.24 bits per heavy atom. The zero-order valence-corrected chi connectivity index (χ0v) is 16.4. The Hall–Kier alpha value is -3.43. The summed E-state index contributed by atoms with van der Waals surface area (Å²) >= 11 is 0. The lowest BCUT2D eigenvalue weighted by molar-refractivity contribution is -0.121. The summed E-state index contributed by atoms with van der Waals surface area (Å²) in [5.41, 5.74) is 4.71. The number of anilines is 1. The first-order chi connectivity index (χ1) is 14.0. The third-order valence-corrected chi connectivity index (χ3v) is 5.44. The summed E-state index contributed by atoms with van der Waals surface area (Å²) in [5.74, 6) is -0.681. The Kier molecular flexibility index (Phi) is 4.91. The summed E-state index contributed by atoms with van der Waals surface area (Å²) in [6.07, 6.45) is 0. The molecule has 0 saturated carbocycles. The number of hydrogen-bond donors (Lipinski definition) is 0. The minimum atomic E-state index is -0.343. The summed E-state index contributed by atoms with van der Waals surface area (Å²) < 4.78 is 5.43. The van der Waals surface area contributed by atoms with Gasteiger partial charge in [0.15, 0.2) is 0 Å². The lowest BCUT2D eigenvalue weighted by Gasteiger charge is -2.29. The average molecular weight is 387 g/mol. The maximum Gasteiger partial charge on any atom is 0.282 e. The highest BCUT2D eigenvalue weighted by atomic mass is 16.5. The summed E-state index contributed by atoms with van der Waals surface area (Å²) in [7, 11) is 0. The summed E-state index contributed by atoms with van der Waals surface area (Å²) in [5, 5.41) is 9.02. The molecule has 0 spiro atoms. The summed E-state index contributed by atoms with van der Waals surface area (Å²) in [6.45, 7) is 6.16. The van der Waals surface area contributed by atoms with Crippen LogP contribution < -0.4 is 4.90 Å². The SMILES string of the molecule is Cc1ccc(C2=C(N3CCOCC3)C(=O)N(c3ccc(C#N)cc3)C2=O)cc1C. The number of hydrogen-bond acceptors (Lipinski definition) is 5. The van der Waals surface area contributed by atoms with Gasteiger partial charge >= 0.3 is 0 Å². The van der Waals surface area contributed by atoms with Crippen molar-refractivity contribution in [3.63, 3.8) is 0 Å². The van der Waals surface area contributed by atoms with Crippen LogP contribution in [0.2, 0.25) is 0 Å². The molecule has 6 heteroatoms. The van der Waals surface area contributed by atoms with Gasteiger partial charge in [-0.2, -0.15) is 5.26 Å². The predicted molar refractivity (Wildman–Crippen MR) is 109 cm³/mol. The molecule has 2 aliphatic rings. The van der Waals surface area contributed by atoms with Crippen LogP contribution in [0.3, 0.4) is 0 Å². The zero-order chi connectivity index (χ0) is 20.5. The van der Waals surface area contributed by atoms with Gasteiger partial charge in [0.2, 0.25) is 0 Å². The number of rotatable bonds is 3. The molecule has 0 unspecified atom stereocenters. The summed E-state index contributed by atoms with van der Waals surface area (Å²) in [6, 6.07) is 14.4. The molecule has 0 aliphatic carbocycles. The average Bonchev–Trinajstić information content (AvgIpc) is 3.01. The topological polar surface area (TPSA) is 73.6 Å². The van der Waals surface area contributed by atoms with Crippen LogP contribution in [-0.2, 0) is 14.3 Å². The van der Waals surface area contributed by atoms with Crippen LogP contribution in [0.4, 0.5) is 5.69 Å². The second-order valence-corrected chi connectivity index (χ2v) is 7.23. The Balaban J connectivity index is 1.82. The molecule has 6 nitrogen and oxygen atoms in total. The minimum Gasteiger partial charge on any atom is -0.378 e. The Morgan fingerprint density at radius 1 is 0.931 bits per heavy atom. The van der Waals surface area contributed by atoms with Gasteiger partial charge < -0.3 is 9.64 Å². The first kappa shape index (κ1) is 18.9. The quantitative estimate of drug-likeness (QED) is 0.757. The molecule has 4 rings (SSSR count). The van der Waals surface area contributed by atoms with Crippen LogP contribution in [0, 0.1) is 25.2 Å². The van der Waals surface area contributed by atoms with E-state index < -0.39 is 0 Å². The van der Waals surface area contributed by atoms with Crippen LogP contribution in [0.25, 0.3) is 5.57 Å². The van der Waals surface area contributed by atoms with E-state index in [9.17, 15) is 9.59 Å². The molecule has 2 aromatic carbocycles. The molecule has 1 fully saturated rings. The number of amides is 2. The number of benzene rings is 2. The number of nitriles is 1. The van der Waals surface area contributed by atoms with Crippen molar-refractivity contribution < 1.29 is 14.3 Å². The molecule has 0 bridgehead atoms. The van der Waals surface area contributed by atoms with E-state index in [1.54, 1.807) is 24.3 Å². The lowest BCUT2D eigenvalue weighted by Crippen LogP contribution is -2.40. The molecule has 0 radical (unpaired) electrons. The van der Waals surface area contributed by atoms with Crippen molar-refractivity contribution in [2.75, 3.05) is 31.2 Å². The smallest absolute Gasteiger partial charge is 0.282 e. The third-order valence-electron chi connectivity index (χ3n) is 5.44. The number of carbonyl (C=O) groups excluding carboxylic acids is 2. The number of carbonyl (C=O) groups is 2. The molecular weight excluding hydrogens is 366 g/mol. The van der Waals surface area contributed by atoms with Gasteiger partial charge in [-0.3, -0.25) is 9.59 Å². The second-order valence-electron chi connectivity index (χ2n) is 7.23. The number of nitrogens with zero attached hydrogens (tertiary/aromatic N) is 3. The van der Waals surface area contributed by atoms with Gasteiger partial charge in [-0.1, -0.05) is 18.2 Å². The fourth-order valence-electron chi connectivity index (χ4n) is 3.68. The van der Waals surface area contributed by atoms with Gasteiger partial charge in [0.1, 0.15) is 5.70 Å². The first-order valence-electron chi connectivity index (χ1n) is 9.55. The molecular formula is C23H21N3O3. The zero-order valence-electron chi connectivity index (χ0n) is 16.4. The van der Waals surface area contributed by atoms with Gasteiger partial charge in [-0.05, 0) is 54.8 Å². The molecule has 0 atom stereocenters. The van der Waals surface area contributed by atoms with Crippen molar-refractivity contribution in [2.24, 2.45) is 0 Å². The maximum absolute atomic E-state index is 13.4. The van der Waals surface area contributed by atoms with E-state index in [2.05, 4.69) is 6.07 Å². The number of ether oxygens (including phenoxy) is 1. The van der Waals surface area contributed by atoms with Crippen molar-refractivity contribution >= 4 is 23.1 Å². The molecule has 2 heterocycles. The normalized spacial score (nSPS) is 17.1. The van der Waals surface area contributed by atoms with Crippen LogP contribution in [0.15, 0.2) is 48.2 Å². The van der Waals surface area contributed by atoms with Gasteiger partial charge in [0.05, 0.1) is 36.1 Å². The van der Waals surface area contributed by atoms with E-state index in [1.165, 1.54) is 4.90 Å². The van der Waals surface area contributed by atoms with Crippen molar-refractivity contribution in [1.29, 1.82) is 5.26 Å². The highest BCUT2D eigenvalue weighted by Gasteiger charge is 2.42. The van der Waals surface area contributed by atoms with Crippen molar-refractivity contribution in [3.8, 4) is 6.07 Å². The van der Waals surface area contributed by atoms with E-state index in [1.807, 2.05) is 36.9 Å². The standard InChI is InChI=1S/C23H21N3O3/c1-15-3-6-18(13-16(15)2)20-21(25-9-11-29-12-10-25)23(28)26(22(20)27)19-7-4-17(14-24)5-8-19/h3-8,13H,9-12H2,1-2H3. The summed E-state index contributed by atoms with van der Waals surface area (Å²) in [4.78, 5) is 30.0. The highest BCUT2D eigenvalue weighted by molar-refractivity contribution is 6.45. The molecule has 0 N–H and O–H groups in total. The van der Waals surface area contributed by atoms with Gasteiger partial charge in [0.25, 0.3) is 11.8 Å². The third kappa shape index (κ3) is 3.30. The van der Waals surface area contributed by atoms with Gasteiger partial charge in [-0.15, -0.1) is 0 Å². The van der Waals surface area contributed by atoms with E-state index in [4.69, 9.17) is 10.00 Å². The van der Waals surface area contributed by atoms with E-state index in [0.29, 0.717) is 48.8 Å². The Bertz CT molecular complexity index is 1060. The molecule has 146 valence electrons. The van der Waals surface area contributed by atoms with Gasteiger partial charge in [-0.25, -0.2) is 4.90 Å². The first-order valence-corrected chi connectivity index (χ1v) is 9.55. The highest BCUT2D eigenvalue weighted by Crippen LogP contribution is 2.35. The van der Waals surface area contributed by atoms with E-state index >= 15 is 0 Å². The van der Waals surface area contributed by atoms with Crippen molar-refractivity contribution in [2.45, 2.75) is 13.8 Å². The molecule has 1 saturated heterocycles. The predicted octanol–water partition coefficient (Wildman–Crippen LogP) is 2.79. The Morgan fingerprint density at radius 2 is 1.62 bits per heavy atom. The largest absolute Gasteiger partial charge is 0.378 e. The van der Waals surface area contributed by atoms with Crippen LogP contribution in [-0.4, -0.2) is 43.0 Å². The number of aryl methyl sites for hydroxylation is 2.